The highest BCUT2D eigenvalue weighted by molar-refractivity contribution is 5.94. The van der Waals surface area contributed by atoms with Crippen molar-refractivity contribution in [3.05, 3.63) is 53.6 Å². The number of rotatable bonds is 8. The summed E-state index contributed by atoms with van der Waals surface area (Å²) in [4.78, 5) is 25.5. The zero-order valence-electron chi connectivity index (χ0n) is 15.4. The van der Waals surface area contributed by atoms with E-state index in [2.05, 4.69) is 5.32 Å². The SMILES string of the molecule is COc1ccc(N(CCC(N)=O)CC(=O)Nc2ccc(C)cc2C)cc1. The topological polar surface area (TPSA) is 84.7 Å². The molecule has 3 N–H and O–H groups in total. The summed E-state index contributed by atoms with van der Waals surface area (Å²) in [5.74, 6) is 0.166. The van der Waals surface area contributed by atoms with Gasteiger partial charge in [0.2, 0.25) is 11.8 Å². The fraction of sp³-hybridized carbons (Fsp3) is 0.300. The van der Waals surface area contributed by atoms with Gasteiger partial charge in [-0.2, -0.15) is 0 Å². The van der Waals surface area contributed by atoms with Gasteiger partial charge in [-0.05, 0) is 49.7 Å². The quantitative estimate of drug-likeness (QED) is 0.762. The van der Waals surface area contributed by atoms with Crippen molar-refractivity contribution >= 4 is 23.2 Å². The molecule has 0 heterocycles. The Balaban J connectivity index is 2.11. The number of amides is 2. The average molecular weight is 355 g/mol. The molecule has 0 aliphatic heterocycles. The van der Waals surface area contributed by atoms with Crippen molar-refractivity contribution in [2.45, 2.75) is 20.3 Å². The highest BCUT2D eigenvalue weighted by atomic mass is 16.5. The van der Waals surface area contributed by atoms with Crippen LogP contribution in [0, 0.1) is 13.8 Å². The molecule has 2 rings (SSSR count). The second-order valence-electron chi connectivity index (χ2n) is 6.20. The fourth-order valence-corrected chi connectivity index (χ4v) is 2.65. The third-order valence-corrected chi connectivity index (χ3v) is 4.06. The molecule has 0 atom stereocenters. The molecule has 2 aromatic carbocycles. The number of hydrogen-bond acceptors (Lipinski definition) is 4. The second kappa shape index (κ2) is 8.89. The molecule has 2 aromatic rings. The highest BCUT2D eigenvalue weighted by Crippen LogP contribution is 2.20. The van der Waals surface area contributed by atoms with Crippen LogP contribution in [0.2, 0.25) is 0 Å². The fourth-order valence-electron chi connectivity index (χ4n) is 2.65. The monoisotopic (exact) mass is 355 g/mol. The number of nitrogens with zero attached hydrogens (tertiary/aromatic N) is 1. The molecule has 0 spiro atoms. The van der Waals surface area contributed by atoms with Crippen molar-refractivity contribution < 1.29 is 14.3 Å². The van der Waals surface area contributed by atoms with Gasteiger partial charge in [0.05, 0.1) is 13.7 Å². The summed E-state index contributed by atoms with van der Waals surface area (Å²) in [7, 11) is 1.59. The average Bonchev–Trinajstić information content (AvgIpc) is 2.61. The molecule has 6 nitrogen and oxygen atoms in total. The summed E-state index contributed by atoms with van der Waals surface area (Å²) in [5.41, 5.74) is 9.02. The van der Waals surface area contributed by atoms with E-state index in [-0.39, 0.29) is 18.9 Å². The minimum Gasteiger partial charge on any atom is -0.497 e. The van der Waals surface area contributed by atoms with Crippen molar-refractivity contribution in [2.75, 3.05) is 30.4 Å². The molecule has 26 heavy (non-hydrogen) atoms. The number of hydrogen-bond donors (Lipinski definition) is 2. The third kappa shape index (κ3) is 5.51. The van der Waals surface area contributed by atoms with Gasteiger partial charge in [-0.15, -0.1) is 0 Å². The van der Waals surface area contributed by atoms with Crippen LogP contribution >= 0.6 is 0 Å². The molecule has 0 aliphatic carbocycles. The summed E-state index contributed by atoms with van der Waals surface area (Å²) in [6.45, 7) is 4.44. The summed E-state index contributed by atoms with van der Waals surface area (Å²) < 4.78 is 5.16. The van der Waals surface area contributed by atoms with E-state index in [9.17, 15) is 9.59 Å². The van der Waals surface area contributed by atoms with Crippen molar-refractivity contribution in [2.24, 2.45) is 5.73 Å². The van der Waals surface area contributed by atoms with E-state index < -0.39 is 5.91 Å². The molecule has 138 valence electrons. The normalized spacial score (nSPS) is 10.3. The maximum Gasteiger partial charge on any atom is 0.243 e. The second-order valence-corrected chi connectivity index (χ2v) is 6.20. The van der Waals surface area contributed by atoms with Crippen LogP contribution in [0.25, 0.3) is 0 Å². The highest BCUT2D eigenvalue weighted by Gasteiger charge is 2.14. The maximum absolute atomic E-state index is 12.5. The first-order valence-corrected chi connectivity index (χ1v) is 8.43. The van der Waals surface area contributed by atoms with Crippen molar-refractivity contribution in [3.63, 3.8) is 0 Å². The van der Waals surface area contributed by atoms with Crippen LogP contribution in [-0.4, -0.2) is 32.0 Å². The van der Waals surface area contributed by atoms with Crippen molar-refractivity contribution in [1.82, 2.24) is 0 Å². The lowest BCUT2D eigenvalue weighted by molar-refractivity contribution is -0.118. The van der Waals surface area contributed by atoms with Crippen LogP contribution in [0.15, 0.2) is 42.5 Å². The lowest BCUT2D eigenvalue weighted by atomic mass is 10.1. The van der Waals surface area contributed by atoms with Gasteiger partial charge in [-0.3, -0.25) is 9.59 Å². The van der Waals surface area contributed by atoms with Crippen molar-refractivity contribution in [3.8, 4) is 5.75 Å². The molecular formula is C20H25N3O3. The Morgan fingerprint density at radius 2 is 1.81 bits per heavy atom. The Morgan fingerprint density at radius 3 is 2.38 bits per heavy atom. The maximum atomic E-state index is 12.5. The molecule has 2 amide bonds. The molecule has 0 bridgehead atoms. The van der Waals surface area contributed by atoms with E-state index in [0.29, 0.717) is 6.54 Å². The van der Waals surface area contributed by atoms with Gasteiger partial charge in [0.15, 0.2) is 0 Å². The summed E-state index contributed by atoms with van der Waals surface area (Å²) >= 11 is 0. The van der Waals surface area contributed by atoms with Gasteiger partial charge in [-0.25, -0.2) is 0 Å². The van der Waals surface area contributed by atoms with Crippen LogP contribution < -0.4 is 20.7 Å². The largest absolute Gasteiger partial charge is 0.497 e. The lowest BCUT2D eigenvalue weighted by Crippen LogP contribution is -2.35. The predicted octanol–water partition coefficient (Wildman–Crippen LogP) is 2.63. The van der Waals surface area contributed by atoms with E-state index >= 15 is 0 Å². The number of primary amides is 1. The van der Waals surface area contributed by atoms with Gasteiger partial charge in [0.1, 0.15) is 5.75 Å². The summed E-state index contributed by atoms with van der Waals surface area (Å²) in [5, 5.41) is 2.93. The van der Waals surface area contributed by atoms with E-state index in [1.165, 1.54) is 0 Å². The Labute approximate surface area is 153 Å². The number of carbonyl (C=O) groups excluding carboxylic acids is 2. The molecule has 0 aliphatic rings. The number of nitrogens with two attached hydrogens (primary N) is 1. The van der Waals surface area contributed by atoms with Gasteiger partial charge >= 0.3 is 0 Å². The molecule has 0 saturated heterocycles. The molecule has 0 saturated carbocycles. The number of anilines is 2. The standard InChI is InChI=1S/C20H25N3O3/c1-14-4-9-18(15(2)12-14)22-20(25)13-23(11-10-19(21)24)16-5-7-17(26-3)8-6-16/h4-9,12H,10-11,13H2,1-3H3,(H2,21,24)(H,22,25). The van der Waals surface area contributed by atoms with Crippen LogP contribution in [0.1, 0.15) is 17.5 Å². The smallest absolute Gasteiger partial charge is 0.243 e. The van der Waals surface area contributed by atoms with E-state index in [0.717, 1.165) is 28.3 Å². The van der Waals surface area contributed by atoms with Gasteiger partial charge in [-0.1, -0.05) is 17.7 Å². The number of ether oxygens (including phenoxy) is 1. The van der Waals surface area contributed by atoms with Gasteiger partial charge in [0, 0.05) is 24.3 Å². The summed E-state index contributed by atoms with van der Waals surface area (Å²) in [6.07, 6.45) is 0.170. The minimum absolute atomic E-state index is 0.118. The van der Waals surface area contributed by atoms with Crippen LogP contribution in [-0.2, 0) is 9.59 Å². The van der Waals surface area contributed by atoms with E-state index in [1.807, 2.05) is 61.2 Å². The Kier molecular flexibility index (Phi) is 6.60. The molecular weight excluding hydrogens is 330 g/mol. The zero-order chi connectivity index (χ0) is 19.1. The van der Waals surface area contributed by atoms with Crippen LogP contribution in [0.4, 0.5) is 11.4 Å². The molecule has 0 aromatic heterocycles. The first kappa shape index (κ1) is 19.3. The first-order valence-electron chi connectivity index (χ1n) is 8.43. The Bertz CT molecular complexity index is 772. The van der Waals surface area contributed by atoms with Gasteiger partial charge < -0.3 is 20.7 Å². The lowest BCUT2D eigenvalue weighted by Gasteiger charge is -2.24. The van der Waals surface area contributed by atoms with Crippen LogP contribution in [0.3, 0.4) is 0 Å². The minimum atomic E-state index is -0.404. The Hall–Kier alpha value is -3.02. The number of benzene rings is 2. The molecule has 0 fully saturated rings. The number of carbonyl (C=O) groups is 2. The third-order valence-electron chi connectivity index (χ3n) is 4.06. The number of nitrogens with one attached hydrogen (secondary N) is 1. The predicted molar refractivity (Wildman–Crippen MR) is 104 cm³/mol. The number of aryl methyl sites for hydroxylation is 2. The summed E-state index contributed by atoms with van der Waals surface area (Å²) in [6, 6.07) is 13.2. The Morgan fingerprint density at radius 1 is 1.12 bits per heavy atom. The molecule has 0 unspecified atom stereocenters. The van der Waals surface area contributed by atoms with Crippen LogP contribution in [0.5, 0.6) is 5.75 Å². The number of methoxy groups -OCH3 is 1. The molecule has 0 radical (unpaired) electrons. The van der Waals surface area contributed by atoms with E-state index in [1.54, 1.807) is 7.11 Å². The van der Waals surface area contributed by atoms with Gasteiger partial charge in [0.25, 0.3) is 0 Å². The first-order chi connectivity index (χ1) is 12.4. The van der Waals surface area contributed by atoms with E-state index in [4.69, 9.17) is 10.5 Å². The zero-order valence-corrected chi connectivity index (χ0v) is 15.4. The van der Waals surface area contributed by atoms with Crippen molar-refractivity contribution in [1.29, 1.82) is 0 Å². The molecule has 6 heteroatoms.